The van der Waals surface area contributed by atoms with E-state index in [1.807, 2.05) is 0 Å². The van der Waals surface area contributed by atoms with Gasteiger partial charge in [-0.1, -0.05) is 0 Å². The Bertz CT molecular complexity index is 126. The lowest BCUT2D eigenvalue weighted by Gasteiger charge is -2.17. The average Bonchev–Trinajstić information content (AvgIpc) is 1.60. The predicted molar refractivity (Wildman–Crippen MR) is 32.6 cm³/mol. The lowest BCUT2D eigenvalue weighted by Crippen LogP contribution is -2.38. The third kappa shape index (κ3) is 4.25. The minimum atomic E-state index is -2.43. The molecule has 0 heterocycles. The fourth-order valence-corrected chi connectivity index (χ4v) is 0.284. The van der Waals surface area contributed by atoms with Gasteiger partial charge >= 0.3 is 11.9 Å². The standard InChI is InChI=1S/C5H11NO4/c1-3(6)4(7)10-5(2,8)9/h3,8-9H,6H2,1-2H3/t3-/m0/s1. The number of aliphatic hydroxyl groups is 2. The highest BCUT2D eigenvalue weighted by molar-refractivity contribution is 5.75. The molecule has 0 spiro atoms. The molecular formula is C5H11NO4. The zero-order valence-corrected chi connectivity index (χ0v) is 5.87. The van der Waals surface area contributed by atoms with E-state index < -0.39 is 18.0 Å². The first kappa shape index (κ1) is 9.35. The van der Waals surface area contributed by atoms with Crippen molar-refractivity contribution in [2.75, 3.05) is 0 Å². The van der Waals surface area contributed by atoms with Crippen LogP contribution >= 0.6 is 0 Å². The number of esters is 1. The van der Waals surface area contributed by atoms with Gasteiger partial charge in [-0.05, 0) is 6.92 Å². The highest BCUT2D eigenvalue weighted by atomic mass is 16.8. The van der Waals surface area contributed by atoms with Crippen LogP contribution in [0.2, 0.25) is 0 Å². The van der Waals surface area contributed by atoms with E-state index in [9.17, 15) is 4.79 Å². The Labute approximate surface area is 58.4 Å². The molecule has 0 saturated carbocycles. The number of carbonyl (C=O) groups excluding carboxylic acids is 1. The van der Waals surface area contributed by atoms with Crippen LogP contribution in [0.3, 0.4) is 0 Å². The van der Waals surface area contributed by atoms with Gasteiger partial charge in [-0.25, -0.2) is 0 Å². The summed E-state index contributed by atoms with van der Waals surface area (Å²) in [4.78, 5) is 10.5. The lowest BCUT2D eigenvalue weighted by atomic mass is 10.4. The van der Waals surface area contributed by atoms with E-state index in [2.05, 4.69) is 4.74 Å². The van der Waals surface area contributed by atoms with E-state index >= 15 is 0 Å². The summed E-state index contributed by atoms with van der Waals surface area (Å²) >= 11 is 0. The molecule has 5 heteroatoms. The van der Waals surface area contributed by atoms with Crippen molar-refractivity contribution in [2.45, 2.75) is 25.9 Å². The van der Waals surface area contributed by atoms with Crippen LogP contribution in [0.1, 0.15) is 13.8 Å². The number of carbonyl (C=O) groups is 1. The summed E-state index contributed by atoms with van der Waals surface area (Å²) in [7, 11) is 0. The van der Waals surface area contributed by atoms with Crippen molar-refractivity contribution in [3.05, 3.63) is 0 Å². The van der Waals surface area contributed by atoms with Gasteiger partial charge < -0.3 is 20.7 Å². The quantitative estimate of drug-likeness (QED) is 0.329. The maximum atomic E-state index is 10.5. The Morgan fingerprint density at radius 2 is 2.10 bits per heavy atom. The minimum absolute atomic E-state index is 0.848. The summed E-state index contributed by atoms with van der Waals surface area (Å²) in [6.45, 7) is 2.31. The van der Waals surface area contributed by atoms with Crippen molar-refractivity contribution in [1.29, 1.82) is 0 Å². The lowest BCUT2D eigenvalue weighted by molar-refractivity contribution is -0.307. The smallest absolute Gasteiger partial charge is 0.326 e. The van der Waals surface area contributed by atoms with Gasteiger partial charge in [-0.15, -0.1) is 0 Å². The Kier molecular flexibility index (Phi) is 2.77. The Hall–Kier alpha value is -0.650. The molecule has 0 unspecified atom stereocenters. The Morgan fingerprint density at radius 1 is 1.70 bits per heavy atom. The molecule has 0 aliphatic heterocycles. The van der Waals surface area contributed by atoms with Crippen LogP contribution in [0.4, 0.5) is 0 Å². The summed E-state index contributed by atoms with van der Waals surface area (Å²) in [5.41, 5.74) is 5.05. The van der Waals surface area contributed by atoms with E-state index in [-0.39, 0.29) is 0 Å². The monoisotopic (exact) mass is 149 g/mol. The van der Waals surface area contributed by atoms with Crippen molar-refractivity contribution in [2.24, 2.45) is 5.73 Å². The zero-order chi connectivity index (χ0) is 8.36. The summed E-state index contributed by atoms with van der Waals surface area (Å²) in [5.74, 6) is -3.28. The predicted octanol–water partition coefficient (Wildman–Crippen LogP) is -1.46. The van der Waals surface area contributed by atoms with Gasteiger partial charge in [0.1, 0.15) is 6.04 Å². The molecule has 0 amide bonds. The van der Waals surface area contributed by atoms with Gasteiger partial charge in [0.25, 0.3) is 0 Å². The average molecular weight is 149 g/mol. The molecule has 0 aromatic heterocycles. The van der Waals surface area contributed by atoms with E-state index in [0.717, 1.165) is 6.92 Å². The fourth-order valence-electron chi connectivity index (χ4n) is 0.284. The van der Waals surface area contributed by atoms with Crippen molar-refractivity contribution >= 4 is 5.97 Å². The van der Waals surface area contributed by atoms with Crippen LogP contribution in [0.5, 0.6) is 0 Å². The molecule has 0 aromatic carbocycles. The first-order valence-corrected chi connectivity index (χ1v) is 2.76. The molecule has 0 fully saturated rings. The van der Waals surface area contributed by atoms with E-state index in [1.165, 1.54) is 6.92 Å². The topological polar surface area (TPSA) is 92.8 Å². The summed E-state index contributed by atoms with van der Waals surface area (Å²) in [6.07, 6.45) is 0. The van der Waals surface area contributed by atoms with E-state index in [0.29, 0.717) is 0 Å². The molecule has 10 heavy (non-hydrogen) atoms. The minimum Gasteiger partial charge on any atom is -0.407 e. The molecule has 1 atom stereocenters. The van der Waals surface area contributed by atoms with Crippen LogP contribution in [-0.2, 0) is 9.53 Å². The molecule has 0 aliphatic rings. The maximum absolute atomic E-state index is 10.5. The summed E-state index contributed by atoms with van der Waals surface area (Å²) < 4.78 is 4.05. The second-order valence-corrected chi connectivity index (χ2v) is 2.14. The summed E-state index contributed by atoms with van der Waals surface area (Å²) in [6, 6.07) is -0.848. The number of ether oxygens (including phenoxy) is 1. The van der Waals surface area contributed by atoms with Crippen molar-refractivity contribution < 1.29 is 19.7 Å². The normalized spacial score (nSPS) is 14.5. The molecule has 4 N–H and O–H groups in total. The molecular weight excluding hydrogens is 138 g/mol. The molecule has 0 aliphatic carbocycles. The maximum Gasteiger partial charge on any atom is 0.326 e. The van der Waals surface area contributed by atoms with Crippen molar-refractivity contribution in [1.82, 2.24) is 0 Å². The highest BCUT2D eigenvalue weighted by Gasteiger charge is 2.22. The first-order valence-electron chi connectivity index (χ1n) is 2.76. The van der Waals surface area contributed by atoms with Crippen LogP contribution in [0.25, 0.3) is 0 Å². The largest absolute Gasteiger partial charge is 0.407 e. The second-order valence-electron chi connectivity index (χ2n) is 2.14. The summed E-state index contributed by atoms with van der Waals surface area (Å²) in [5, 5.41) is 17.0. The van der Waals surface area contributed by atoms with Gasteiger partial charge in [0.15, 0.2) is 0 Å². The van der Waals surface area contributed by atoms with Gasteiger partial charge in [0.2, 0.25) is 0 Å². The molecule has 0 bridgehead atoms. The molecule has 0 saturated heterocycles. The zero-order valence-electron chi connectivity index (χ0n) is 5.87. The van der Waals surface area contributed by atoms with Gasteiger partial charge in [-0.2, -0.15) is 0 Å². The van der Waals surface area contributed by atoms with Crippen LogP contribution in [-0.4, -0.2) is 28.2 Å². The van der Waals surface area contributed by atoms with Crippen LogP contribution < -0.4 is 5.73 Å². The fraction of sp³-hybridized carbons (Fsp3) is 0.800. The molecule has 0 aromatic rings. The van der Waals surface area contributed by atoms with Gasteiger partial charge in [-0.3, -0.25) is 4.79 Å². The van der Waals surface area contributed by atoms with Crippen molar-refractivity contribution in [3.8, 4) is 0 Å². The molecule has 0 radical (unpaired) electrons. The second kappa shape index (κ2) is 2.96. The SMILES string of the molecule is C[C@H](N)C(=O)OC(C)(O)O. The number of rotatable bonds is 2. The highest BCUT2D eigenvalue weighted by Crippen LogP contribution is 2.00. The van der Waals surface area contributed by atoms with Crippen LogP contribution in [0.15, 0.2) is 0 Å². The van der Waals surface area contributed by atoms with Crippen LogP contribution in [0, 0.1) is 0 Å². The first-order chi connectivity index (χ1) is 4.33. The number of hydrogen-bond donors (Lipinski definition) is 3. The molecule has 0 rings (SSSR count). The van der Waals surface area contributed by atoms with E-state index in [4.69, 9.17) is 15.9 Å². The van der Waals surface area contributed by atoms with Gasteiger partial charge in [0, 0.05) is 6.92 Å². The molecule has 5 nitrogen and oxygen atoms in total. The number of nitrogens with two attached hydrogens (primary N) is 1. The van der Waals surface area contributed by atoms with Gasteiger partial charge in [0.05, 0.1) is 0 Å². The number of hydrogen-bond acceptors (Lipinski definition) is 5. The van der Waals surface area contributed by atoms with E-state index in [1.54, 1.807) is 0 Å². The van der Waals surface area contributed by atoms with Crippen molar-refractivity contribution in [3.63, 3.8) is 0 Å². The Balaban J connectivity index is 3.81. The molecule has 60 valence electrons. The third-order valence-electron chi connectivity index (χ3n) is 0.666. The third-order valence-corrected chi connectivity index (χ3v) is 0.666. The Morgan fingerprint density at radius 3 is 2.20 bits per heavy atom.